The molecule has 1 fully saturated rings. The molecule has 3 aromatic heterocycles. The number of para-hydroxylation sites is 1. The highest BCUT2D eigenvalue weighted by Gasteiger charge is 2.45. The molecule has 1 amide bonds. The third-order valence-corrected chi connectivity index (χ3v) is 7.68. The lowest BCUT2D eigenvalue weighted by Crippen LogP contribution is -2.42. The first kappa shape index (κ1) is 26.5. The summed E-state index contributed by atoms with van der Waals surface area (Å²) in [6, 6.07) is 15.8. The second kappa shape index (κ2) is 10.6. The SMILES string of the molecule is Cc1nc(-c2c(Cl)c3ccccc3n2-c2ccc(CNC(=O)C3(N)CC3)cc2)no1.Cc1ncsc1C(=O)O. The zero-order valence-corrected chi connectivity index (χ0v) is 22.7. The average Bonchev–Trinajstić information content (AvgIpc) is 3.22. The number of carboxylic acid groups (broad SMARTS) is 1. The number of nitrogens with one attached hydrogen (secondary N) is 1. The number of aryl methyl sites for hydroxylation is 2. The molecule has 0 bridgehead atoms. The predicted molar refractivity (Wildman–Crippen MR) is 148 cm³/mol. The van der Waals surface area contributed by atoms with Crippen molar-refractivity contribution in [2.45, 2.75) is 38.8 Å². The van der Waals surface area contributed by atoms with Gasteiger partial charge in [0.15, 0.2) is 0 Å². The molecule has 0 spiro atoms. The van der Waals surface area contributed by atoms with Gasteiger partial charge in [-0.05, 0) is 43.5 Å². The van der Waals surface area contributed by atoms with Gasteiger partial charge in [-0.3, -0.25) is 4.79 Å². The number of rotatable bonds is 6. The standard InChI is InChI=1S/C22H20ClN5O2.C5H5NO2S/c1-13-26-20(27-30-13)19-18(23)16-4-2-3-5-17(16)28(19)15-8-6-14(7-9-15)12-25-21(29)22(24)10-11-22;1-3-4(5(7)8)9-2-6-3/h2-9H,10-12,24H2,1H3,(H,25,29);2H,1H3,(H,7,8). The van der Waals surface area contributed by atoms with E-state index in [1.165, 1.54) is 5.51 Å². The molecule has 10 nitrogen and oxygen atoms in total. The summed E-state index contributed by atoms with van der Waals surface area (Å²) in [6.45, 7) is 3.86. The van der Waals surface area contributed by atoms with Gasteiger partial charge in [0.25, 0.3) is 0 Å². The summed E-state index contributed by atoms with van der Waals surface area (Å²) in [5, 5.41) is 16.9. The highest BCUT2D eigenvalue weighted by Crippen LogP contribution is 2.38. The van der Waals surface area contributed by atoms with E-state index in [1.807, 2.05) is 53.1 Å². The Balaban J connectivity index is 0.000000292. The molecular weight excluding hydrogens is 540 g/mol. The quantitative estimate of drug-likeness (QED) is 0.263. The molecule has 0 atom stereocenters. The van der Waals surface area contributed by atoms with Crippen LogP contribution in [0.15, 0.2) is 58.6 Å². The molecule has 1 aliphatic carbocycles. The largest absolute Gasteiger partial charge is 0.477 e. The Morgan fingerprint density at radius 3 is 2.46 bits per heavy atom. The molecule has 3 heterocycles. The van der Waals surface area contributed by atoms with Gasteiger partial charge in [-0.2, -0.15) is 4.98 Å². The first-order valence-electron chi connectivity index (χ1n) is 12.1. The monoisotopic (exact) mass is 564 g/mol. The number of carboxylic acids is 1. The van der Waals surface area contributed by atoms with Gasteiger partial charge >= 0.3 is 5.97 Å². The van der Waals surface area contributed by atoms with Gasteiger partial charge < -0.3 is 25.2 Å². The Hall–Kier alpha value is -4.06. The minimum atomic E-state index is -0.894. The summed E-state index contributed by atoms with van der Waals surface area (Å²) in [5.41, 5.74) is 10.9. The maximum Gasteiger partial charge on any atom is 0.347 e. The number of aromatic nitrogens is 4. The van der Waals surface area contributed by atoms with Crippen LogP contribution >= 0.6 is 22.9 Å². The molecule has 2 aromatic carbocycles. The van der Waals surface area contributed by atoms with Crippen molar-refractivity contribution in [3.05, 3.63) is 81.1 Å². The highest BCUT2D eigenvalue weighted by molar-refractivity contribution is 7.11. The molecule has 39 heavy (non-hydrogen) atoms. The fraction of sp³-hybridized carbons (Fsp3) is 0.222. The van der Waals surface area contributed by atoms with Crippen molar-refractivity contribution < 1.29 is 19.2 Å². The van der Waals surface area contributed by atoms with Crippen LogP contribution in [0.4, 0.5) is 0 Å². The minimum Gasteiger partial charge on any atom is -0.477 e. The van der Waals surface area contributed by atoms with Crippen LogP contribution in [0.2, 0.25) is 5.02 Å². The van der Waals surface area contributed by atoms with Crippen molar-refractivity contribution in [3.63, 3.8) is 0 Å². The number of halogens is 1. The number of benzene rings is 2. The highest BCUT2D eigenvalue weighted by atomic mass is 35.5. The summed E-state index contributed by atoms with van der Waals surface area (Å²) < 4.78 is 7.20. The summed E-state index contributed by atoms with van der Waals surface area (Å²) in [7, 11) is 0. The fourth-order valence-electron chi connectivity index (χ4n) is 4.05. The van der Waals surface area contributed by atoms with Crippen molar-refractivity contribution in [1.82, 2.24) is 25.0 Å². The summed E-state index contributed by atoms with van der Waals surface area (Å²) >= 11 is 7.87. The van der Waals surface area contributed by atoms with E-state index in [0.717, 1.165) is 46.3 Å². The summed E-state index contributed by atoms with van der Waals surface area (Å²) in [5.74, 6) is -0.0838. The number of carbonyl (C=O) groups is 2. The summed E-state index contributed by atoms with van der Waals surface area (Å²) in [6.07, 6.45) is 1.50. The Labute approximate surface area is 232 Å². The fourth-order valence-corrected chi connectivity index (χ4v) is 5.02. The third kappa shape index (κ3) is 5.42. The molecule has 12 heteroatoms. The zero-order chi connectivity index (χ0) is 27.7. The van der Waals surface area contributed by atoms with Gasteiger partial charge in [0.2, 0.25) is 17.6 Å². The molecular formula is C27H25ClN6O4S. The van der Waals surface area contributed by atoms with Crippen LogP contribution in [0.3, 0.4) is 0 Å². The number of fused-ring (bicyclic) bond motifs is 1. The van der Waals surface area contributed by atoms with E-state index in [9.17, 15) is 9.59 Å². The predicted octanol–water partition coefficient (Wildman–Crippen LogP) is 4.90. The molecule has 5 aromatic rings. The van der Waals surface area contributed by atoms with Crippen molar-refractivity contribution in [1.29, 1.82) is 0 Å². The van der Waals surface area contributed by atoms with Gasteiger partial charge in [0, 0.05) is 24.5 Å². The van der Waals surface area contributed by atoms with E-state index in [0.29, 0.717) is 39.5 Å². The van der Waals surface area contributed by atoms with Crippen LogP contribution in [0.25, 0.3) is 28.1 Å². The van der Waals surface area contributed by atoms with Crippen molar-refractivity contribution >= 4 is 45.7 Å². The van der Waals surface area contributed by atoms with Gasteiger partial charge in [0.1, 0.15) is 10.6 Å². The Bertz CT molecular complexity index is 1670. The van der Waals surface area contributed by atoms with E-state index in [1.54, 1.807) is 13.8 Å². The number of amides is 1. The number of hydrogen-bond acceptors (Lipinski definition) is 8. The maximum absolute atomic E-state index is 12.1. The first-order valence-corrected chi connectivity index (χ1v) is 13.3. The second-order valence-corrected chi connectivity index (χ2v) is 10.5. The zero-order valence-electron chi connectivity index (χ0n) is 21.1. The minimum absolute atomic E-state index is 0.0930. The summed E-state index contributed by atoms with van der Waals surface area (Å²) in [4.78, 5) is 30.8. The molecule has 0 saturated heterocycles. The first-order chi connectivity index (χ1) is 18.7. The van der Waals surface area contributed by atoms with Crippen molar-refractivity contribution in [2.24, 2.45) is 5.73 Å². The normalized spacial score (nSPS) is 13.5. The number of aromatic carboxylic acids is 1. The van der Waals surface area contributed by atoms with Gasteiger partial charge in [-0.25, -0.2) is 9.78 Å². The van der Waals surface area contributed by atoms with Crippen LogP contribution in [0.1, 0.15) is 39.7 Å². The Morgan fingerprint density at radius 2 is 1.90 bits per heavy atom. The topological polar surface area (TPSA) is 149 Å². The van der Waals surface area contributed by atoms with E-state index in [-0.39, 0.29) is 5.91 Å². The molecule has 0 radical (unpaired) electrons. The van der Waals surface area contributed by atoms with Gasteiger partial charge in [-0.1, -0.05) is 47.1 Å². The van der Waals surface area contributed by atoms with Crippen LogP contribution in [0, 0.1) is 13.8 Å². The van der Waals surface area contributed by atoms with E-state index < -0.39 is 11.5 Å². The van der Waals surface area contributed by atoms with Crippen LogP contribution < -0.4 is 11.1 Å². The van der Waals surface area contributed by atoms with Crippen LogP contribution in [-0.2, 0) is 11.3 Å². The number of hydrogen-bond donors (Lipinski definition) is 3. The molecule has 0 aliphatic heterocycles. The lowest BCUT2D eigenvalue weighted by Gasteiger charge is -2.12. The van der Waals surface area contributed by atoms with Crippen molar-refractivity contribution in [3.8, 4) is 17.2 Å². The van der Waals surface area contributed by atoms with E-state index >= 15 is 0 Å². The van der Waals surface area contributed by atoms with Crippen LogP contribution in [0.5, 0.6) is 0 Å². The molecule has 4 N–H and O–H groups in total. The lowest BCUT2D eigenvalue weighted by atomic mass is 10.2. The van der Waals surface area contributed by atoms with E-state index in [4.69, 9.17) is 27.0 Å². The maximum atomic E-state index is 12.1. The molecule has 1 saturated carbocycles. The number of thiazole rings is 1. The third-order valence-electron chi connectivity index (χ3n) is 6.38. The smallest absolute Gasteiger partial charge is 0.347 e. The number of carbonyl (C=O) groups excluding carboxylic acids is 1. The number of nitrogens with zero attached hydrogens (tertiary/aromatic N) is 4. The molecule has 0 unspecified atom stereocenters. The Morgan fingerprint density at radius 1 is 1.18 bits per heavy atom. The Kier molecular flexibility index (Phi) is 7.21. The second-order valence-electron chi connectivity index (χ2n) is 9.23. The number of nitrogens with two attached hydrogens (primary N) is 1. The molecule has 200 valence electrons. The molecule has 6 rings (SSSR count). The van der Waals surface area contributed by atoms with Crippen molar-refractivity contribution in [2.75, 3.05) is 0 Å². The molecule has 1 aliphatic rings. The van der Waals surface area contributed by atoms with Crippen LogP contribution in [-0.4, -0.2) is 42.2 Å². The average molecular weight is 565 g/mol. The lowest BCUT2D eigenvalue weighted by molar-refractivity contribution is -0.123. The van der Waals surface area contributed by atoms with Gasteiger partial charge in [0.05, 0.1) is 27.3 Å². The van der Waals surface area contributed by atoms with Gasteiger partial charge in [-0.15, -0.1) is 11.3 Å². The van der Waals surface area contributed by atoms with E-state index in [2.05, 4.69) is 20.4 Å².